The molecule has 1 saturated heterocycles. The fourth-order valence-electron chi connectivity index (χ4n) is 1.53. The summed E-state index contributed by atoms with van der Waals surface area (Å²) in [5.41, 5.74) is 2.76. The number of hydrogen-bond donors (Lipinski definition) is 2. The van der Waals surface area contributed by atoms with E-state index in [4.69, 9.17) is 10.6 Å². The van der Waals surface area contributed by atoms with Crippen molar-refractivity contribution in [2.75, 3.05) is 6.61 Å². The predicted octanol–water partition coefficient (Wildman–Crippen LogP) is 0.263. The minimum absolute atomic E-state index is 0.367. The van der Waals surface area contributed by atoms with Gasteiger partial charge < -0.3 is 4.74 Å². The Morgan fingerprint density at radius 1 is 1.70 bits per heavy atom. The van der Waals surface area contributed by atoms with Crippen molar-refractivity contribution in [1.29, 1.82) is 0 Å². The van der Waals surface area contributed by atoms with Crippen LogP contribution in [0.15, 0.2) is 0 Å². The summed E-state index contributed by atoms with van der Waals surface area (Å²) in [6.07, 6.45) is 1.50. The van der Waals surface area contributed by atoms with E-state index in [0.717, 1.165) is 13.0 Å². The van der Waals surface area contributed by atoms with Crippen molar-refractivity contribution in [3.05, 3.63) is 0 Å². The third kappa shape index (κ3) is 1.48. The van der Waals surface area contributed by atoms with Gasteiger partial charge in [-0.2, -0.15) is 0 Å². The molecule has 3 heteroatoms. The van der Waals surface area contributed by atoms with E-state index in [0.29, 0.717) is 18.1 Å². The zero-order chi connectivity index (χ0) is 7.56. The molecule has 3 N–H and O–H groups in total. The largest absolute Gasteiger partial charge is 0.378 e. The molecule has 3 nitrogen and oxygen atoms in total. The molecule has 1 fully saturated rings. The van der Waals surface area contributed by atoms with Crippen LogP contribution >= 0.6 is 0 Å². The molecule has 0 aromatic heterocycles. The molecule has 0 spiro atoms. The maximum atomic E-state index is 5.39. The minimum Gasteiger partial charge on any atom is -0.378 e. The molecule has 0 aliphatic carbocycles. The maximum Gasteiger partial charge on any atom is 0.0591 e. The highest BCUT2D eigenvalue weighted by atomic mass is 16.5. The highest BCUT2D eigenvalue weighted by Gasteiger charge is 2.28. The summed E-state index contributed by atoms with van der Waals surface area (Å²) < 4.78 is 5.39. The SMILES string of the molecule is CC(NN)C1CCOC1C. The van der Waals surface area contributed by atoms with Crippen LogP contribution in [0.4, 0.5) is 0 Å². The molecule has 3 atom stereocenters. The quantitative estimate of drug-likeness (QED) is 0.432. The van der Waals surface area contributed by atoms with E-state index in [1.54, 1.807) is 0 Å². The number of rotatable bonds is 2. The Kier molecular flexibility index (Phi) is 2.65. The van der Waals surface area contributed by atoms with Gasteiger partial charge >= 0.3 is 0 Å². The van der Waals surface area contributed by atoms with Crippen molar-refractivity contribution in [1.82, 2.24) is 5.43 Å². The van der Waals surface area contributed by atoms with Gasteiger partial charge in [-0.1, -0.05) is 0 Å². The lowest BCUT2D eigenvalue weighted by Crippen LogP contribution is -2.40. The first-order valence-electron chi connectivity index (χ1n) is 3.83. The molecule has 1 heterocycles. The Balaban J connectivity index is 2.38. The van der Waals surface area contributed by atoms with E-state index < -0.39 is 0 Å². The summed E-state index contributed by atoms with van der Waals surface area (Å²) in [4.78, 5) is 0. The summed E-state index contributed by atoms with van der Waals surface area (Å²) >= 11 is 0. The lowest BCUT2D eigenvalue weighted by atomic mass is 9.95. The Hall–Kier alpha value is -0.120. The standard InChI is InChI=1S/C7H16N2O/c1-5(9-8)7-3-4-10-6(7)2/h5-7,9H,3-4,8H2,1-2H3. The van der Waals surface area contributed by atoms with E-state index >= 15 is 0 Å². The molecule has 1 aliphatic heterocycles. The van der Waals surface area contributed by atoms with Gasteiger partial charge in [0.2, 0.25) is 0 Å². The van der Waals surface area contributed by atoms with Gasteiger partial charge in [0.15, 0.2) is 0 Å². The molecule has 60 valence electrons. The van der Waals surface area contributed by atoms with Crippen molar-refractivity contribution in [2.24, 2.45) is 11.8 Å². The van der Waals surface area contributed by atoms with Crippen molar-refractivity contribution in [2.45, 2.75) is 32.4 Å². The van der Waals surface area contributed by atoms with E-state index in [1.165, 1.54) is 0 Å². The van der Waals surface area contributed by atoms with Crippen LogP contribution < -0.4 is 11.3 Å². The zero-order valence-electron chi connectivity index (χ0n) is 6.63. The summed E-state index contributed by atoms with van der Waals surface area (Å²) in [7, 11) is 0. The molecule has 10 heavy (non-hydrogen) atoms. The van der Waals surface area contributed by atoms with Gasteiger partial charge in [-0.3, -0.25) is 11.3 Å². The van der Waals surface area contributed by atoms with E-state index in [-0.39, 0.29) is 0 Å². The van der Waals surface area contributed by atoms with E-state index in [9.17, 15) is 0 Å². The lowest BCUT2D eigenvalue weighted by molar-refractivity contribution is 0.0974. The van der Waals surface area contributed by atoms with Crippen LogP contribution in [-0.4, -0.2) is 18.8 Å². The molecule has 1 rings (SSSR count). The van der Waals surface area contributed by atoms with Crippen molar-refractivity contribution >= 4 is 0 Å². The third-order valence-electron chi connectivity index (χ3n) is 2.34. The topological polar surface area (TPSA) is 47.3 Å². The monoisotopic (exact) mass is 144 g/mol. The molecule has 0 radical (unpaired) electrons. The maximum absolute atomic E-state index is 5.39. The van der Waals surface area contributed by atoms with Gasteiger partial charge in [-0.05, 0) is 20.3 Å². The van der Waals surface area contributed by atoms with Gasteiger partial charge in [0.1, 0.15) is 0 Å². The van der Waals surface area contributed by atoms with Crippen LogP contribution in [0.25, 0.3) is 0 Å². The average molecular weight is 144 g/mol. The number of hydrogen-bond acceptors (Lipinski definition) is 3. The Bertz CT molecular complexity index is 108. The molecule has 3 unspecified atom stereocenters. The first kappa shape index (κ1) is 7.98. The second kappa shape index (κ2) is 3.32. The highest BCUT2D eigenvalue weighted by Crippen LogP contribution is 2.22. The molecular formula is C7H16N2O. The molecular weight excluding hydrogens is 128 g/mol. The van der Waals surface area contributed by atoms with E-state index in [1.807, 2.05) is 0 Å². The number of ether oxygens (including phenoxy) is 1. The van der Waals surface area contributed by atoms with E-state index in [2.05, 4.69) is 19.3 Å². The van der Waals surface area contributed by atoms with Gasteiger partial charge in [0.05, 0.1) is 6.10 Å². The Morgan fingerprint density at radius 2 is 2.40 bits per heavy atom. The summed E-state index contributed by atoms with van der Waals surface area (Å²) in [5, 5.41) is 0. The predicted molar refractivity (Wildman–Crippen MR) is 40.3 cm³/mol. The summed E-state index contributed by atoms with van der Waals surface area (Å²) in [6.45, 7) is 5.08. The summed E-state index contributed by atoms with van der Waals surface area (Å²) in [5.74, 6) is 5.90. The number of hydrazine groups is 1. The van der Waals surface area contributed by atoms with Crippen LogP contribution in [0.3, 0.4) is 0 Å². The molecule has 0 aromatic rings. The lowest BCUT2D eigenvalue weighted by Gasteiger charge is -2.20. The first-order chi connectivity index (χ1) is 4.75. The molecule has 0 amide bonds. The minimum atomic E-state index is 0.367. The fourth-order valence-corrected chi connectivity index (χ4v) is 1.53. The van der Waals surface area contributed by atoms with Crippen LogP contribution in [0, 0.1) is 5.92 Å². The highest BCUT2D eigenvalue weighted by molar-refractivity contribution is 4.79. The molecule has 0 saturated carbocycles. The molecule has 0 aromatic carbocycles. The Labute approximate surface area is 61.9 Å². The van der Waals surface area contributed by atoms with Gasteiger partial charge in [-0.25, -0.2) is 0 Å². The third-order valence-corrected chi connectivity index (χ3v) is 2.34. The average Bonchev–Trinajstić information content (AvgIpc) is 2.34. The normalized spacial score (nSPS) is 36.3. The van der Waals surface area contributed by atoms with Gasteiger partial charge in [-0.15, -0.1) is 0 Å². The number of nitrogens with one attached hydrogen (secondary N) is 1. The second-order valence-corrected chi connectivity index (χ2v) is 2.98. The Morgan fingerprint density at radius 3 is 2.80 bits per heavy atom. The van der Waals surface area contributed by atoms with Gasteiger partial charge in [0, 0.05) is 18.6 Å². The van der Waals surface area contributed by atoms with Crippen molar-refractivity contribution < 1.29 is 4.74 Å². The van der Waals surface area contributed by atoms with Crippen LogP contribution in [0.5, 0.6) is 0 Å². The van der Waals surface area contributed by atoms with Crippen LogP contribution in [0.1, 0.15) is 20.3 Å². The van der Waals surface area contributed by atoms with Crippen LogP contribution in [0.2, 0.25) is 0 Å². The smallest absolute Gasteiger partial charge is 0.0591 e. The number of nitrogens with two attached hydrogens (primary N) is 1. The fraction of sp³-hybridized carbons (Fsp3) is 1.00. The molecule has 1 aliphatic rings. The van der Waals surface area contributed by atoms with Gasteiger partial charge in [0.25, 0.3) is 0 Å². The molecule has 0 bridgehead atoms. The zero-order valence-corrected chi connectivity index (χ0v) is 6.63. The summed E-state index contributed by atoms with van der Waals surface area (Å²) in [6, 6.07) is 0.373. The van der Waals surface area contributed by atoms with Crippen molar-refractivity contribution in [3.8, 4) is 0 Å². The first-order valence-corrected chi connectivity index (χ1v) is 3.83. The van der Waals surface area contributed by atoms with Crippen molar-refractivity contribution in [3.63, 3.8) is 0 Å². The van der Waals surface area contributed by atoms with Crippen LogP contribution in [-0.2, 0) is 4.74 Å². The second-order valence-electron chi connectivity index (χ2n) is 2.98.